The first-order chi connectivity index (χ1) is 8.71. The Bertz CT molecular complexity index is 461. The fourth-order valence-electron chi connectivity index (χ4n) is 1.78. The van der Waals surface area contributed by atoms with Crippen LogP contribution in [0.15, 0.2) is 18.2 Å². The van der Waals surface area contributed by atoms with E-state index in [9.17, 15) is 9.90 Å². The quantitative estimate of drug-likeness (QED) is 0.704. The predicted octanol–water partition coefficient (Wildman–Crippen LogP) is 0.965. The molecule has 106 valence electrons. The number of nitrogens with zero attached hydrogens (tertiary/aromatic N) is 1. The minimum atomic E-state index is -0.989. The number of halogens is 1. The second-order valence-corrected chi connectivity index (χ2v) is 5.56. The van der Waals surface area contributed by atoms with Crippen LogP contribution in [-0.2, 0) is 0 Å². The first-order valence-electron chi connectivity index (χ1n) is 5.91. The van der Waals surface area contributed by atoms with Gasteiger partial charge < -0.3 is 21.1 Å². The molecule has 0 heterocycles. The number of likely N-dealkylation sites (N-methyl/N-ethyl adjacent to an activating group) is 1. The number of benzene rings is 1. The Morgan fingerprint density at radius 2 is 2.16 bits per heavy atom. The monoisotopic (exact) mass is 285 g/mol. The molecule has 0 aliphatic heterocycles. The molecule has 19 heavy (non-hydrogen) atoms. The number of nitrogens with two attached hydrogens (primary N) is 1. The van der Waals surface area contributed by atoms with Gasteiger partial charge in [-0.05, 0) is 39.2 Å². The van der Waals surface area contributed by atoms with E-state index in [1.54, 1.807) is 19.1 Å². The maximum absolute atomic E-state index is 11.9. The summed E-state index contributed by atoms with van der Waals surface area (Å²) in [6, 6.07) is 4.68. The molecule has 0 saturated carbocycles. The van der Waals surface area contributed by atoms with Crippen molar-refractivity contribution in [2.75, 3.05) is 32.9 Å². The molecule has 0 aliphatic rings. The van der Waals surface area contributed by atoms with E-state index in [4.69, 9.17) is 17.3 Å². The number of nitrogen functional groups attached to an aromatic ring is 1. The molecule has 0 saturated heterocycles. The summed E-state index contributed by atoms with van der Waals surface area (Å²) in [5.74, 6) is -0.291. The molecule has 0 fully saturated rings. The Morgan fingerprint density at radius 1 is 1.53 bits per heavy atom. The van der Waals surface area contributed by atoms with Crippen LogP contribution in [0.25, 0.3) is 0 Å². The number of hydrogen-bond donors (Lipinski definition) is 3. The number of carbonyl (C=O) groups is 1. The van der Waals surface area contributed by atoms with Gasteiger partial charge in [-0.2, -0.15) is 0 Å². The molecule has 1 atom stereocenters. The fraction of sp³-hybridized carbons (Fsp3) is 0.462. The van der Waals surface area contributed by atoms with Crippen LogP contribution < -0.4 is 11.1 Å². The highest BCUT2D eigenvalue weighted by molar-refractivity contribution is 6.33. The molecule has 0 radical (unpaired) electrons. The van der Waals surface area contributed by atoms with Crippen molar-refractivity contribution in [1.82, 2.24) is 10.2 Å². The summed E-state index contributed by atoms with van der Waals surface area (Å²) in [6.45, 7) is 2.28. The van der Waals surface area contributed by atoms with E-state index in [0.29, 0.717) is 22.8 Å². The average molecular weight is 286 g/mol. The number of anilines is 1. The molecule has 6 heteroatoms. The van der Waals surface area contributed by atoms with Crippen LogP contribution in [-0.4, -0.2) is 48.7 Å². The summed E-state index contributed by atoms with van der Waals surface area (Å²) in [7, 11) is 3.71. The van der Waals surface area contributed by atoms with Gasteiger partial charge in [-0.3, -0.25) is 4.79 Å². The number of hydrogen-bond acceptors (Lipinski definition) is 4. The second kappa shape index (κ2) is 6.23. The summed E-state index contributed by atoms with van der Waals surface area (Å²) < 4.78 is 0. The van der Waals surface area contributed by atoms with Gasteiger partial charge in [-0.15, -0.1) is 0 Å². The normalized spacial score (nSPS) is 14.2. The summed E-state index contributed by atoms with van der Waals surface area (Å²) in [6.07, 6.45) is 0. The summed E-state index contributed by atoms with van der Waals surface area (Å²) in [4.78, 5) is 13.8. The highest BCUT2D eigenvalue weighted by atomic mass is 35.5. The predicted molar refractivity (Wildman–Crippen MR) is 77.4 cm³/mol. The minimum absolute atomic E-state index is 0.159. The lowest BCUT2D eigenvalue weighted by molar-refractivity contribution is 0.0326. The second-order valence-electron chi connectivity index (χ2n) is 5.15. The van der Waals surface area contributed by atoms with E-state index in [1.807, 2.05) is 19.0 Å². The van der Waals surface area contributed by atoms with E-state index in [-0.39, 0.29) is 12.5 Å². The first kappa shape index (κ1) is 15.8. The van der Waals surface area contributed by atoms with Crippen LogP contribution in [0, 0.1) is 0 Å². The van der Waals surface area contributed by atoms with Crippen molar-refractivity contribution < 1.29 is 9.90 Å². The highest BCUT2D eigenvalue weighted by Crippen LogP contribution is 2.19. The molecular formula is C13H20ClN3O2. The lowest BCUT2D eigenvalue weighted by Gasteiger charge is -2.27. The summed E-state index contributed by atoms with van der Waals surface area (Å²) >= 11 is 5.86. The van der Waals surface area contributed by atoms with Crippen LogP contribution in [0.5, 0.6) is 0 Å². The molecule has 1 unspecified atom stereocenters. The van der Waals surface area contributed by atoms with Gasteiger partial charge in [-0.1, -0.05) is 11.6 Å². The van der Waals surface area contributed by atoms with E-state index in [0.717, 1.165) is 0 Å². The molecule has 1 aromatic carbocycles. The fourth-order valence-corrected chi connectivity index (χ4v) is 1.96. The average Bonchev–Trinajstić information content (AvgIpc) is 2.28. The van der Waals surface area contributed by atoms with E-state index < -0.39 is 5.60 Å². The molecule has 5 nitrogen and oxygen atoms in total. The van der Waals surface area contributed by atoms with Crippen LogP contribution in [0.4, 0.5) is 5.69 Å². The molecule has 0 aliphatic carbocycles. The van der Waals surface area contributed by atoms with Crippen molar-refractivity contribution in [3.63, 3.8) is 0 Å². The largest absolute Gasteiger partial charge is 0.398 e. The van der Waals surface area contributed by atoms with Gasteiger partial charge in [0.05, 0.1) is 16.3 Å². The molecule has 0 bridgehead atoms. The smallest absolute Gasteiger partial charge is 0.251 e. The van der Waals surface area contributed by atoms with Gasteiger partial charge in [0.25, 0.3) is 5.91 Å². The molecule has 1 aromatic rings. The van der Waals surface area contributed by atoms with E-state index >= 15 is 0 Å². The van der Waals surface area contributed by atoms with Crippen LogP contribution in [0.1, 0.15) is 17.3 Å². The van der Waals surface area contributed by atoms with Gasteiger partial charge in [0.2, 0.25) is 0 Å². The molecule has 4 N–H and O–H groups in total. The van der Waals surface area contributed by atoms with Gasteiger partial charge in [-0.25, -0.2) is 0 Å². The number of rotatable bonds is 5. The Hall–Kier alpha value is -1.30. The zero-order chi connectivity index (χ0) is 14.6. The lowest BCUT2D eigenvalue weighted by Crippen LogP contribution is -2.47. The van der Waals surface area contributed by atoms with Crippen LogP contribution >= 0.6 is 11.6 Å². The Balaban J connectivity index is 2.62. The van der Waals surface area contributed by atoms with Gasteiger partial charge in [0.15, 0.2) is 0 Å². The maximum atomic E-state index is 11.9. The van der Waals surface area contributed by atoms with Crippen molar-refractivity contribution in [2.45, 2.75) is 12.5 Å². The van der Waals surface area contributed by atoms with Crippen molar-refractivity contribution in [3.8, 4) is 0 Å². The van der Waals surface area contributed by atoms with Gasteiger partial charge in [0, 0.05) is 18.7 Å². The number of nitrogens with one attached hydrogen (secondary N) is 1. The zero-order valence-electron chi connectivity index (χ0n) is 11.4. The van der Waals surface area contributed by atoms with Crippen LogP contribution in [0.2, 0.25) is 5.02 Å². The SMILES string of the molecule is CN(C)CC(C)(O)CNC(=O)c1ccc(N)c(Cl)c1. The third-order valence-corrected chi connectivity index (χ3v) is 2.88. The Morgan fingerprint density at radius 3 is 2.68 bits per heavy atom. The third-order valence-electron chi connectivity index (χ3n) is 2.55. The number of carbonyl (C=O) groups excluding carboxylic acids is 1. The highest BCUT2D eigenvalue weighted by Gasteiger charge is 2.22. The van der Waals surface area contributed by atoms with E-state index in [1.165, 1.54) is 6.07 Å². The van der Waals surface area contributed by atoms with Gasteiger partial charge in [0.1, 0.15) is 0 Å². The molecular weight excluding hydrogens is 266 g/mol. The van der Waals surface area contributed by atoms with Crippen LogP contribution in [0.3, 0.4) is 0 Å². The van der Waals surface area contributed by atoms with Crippen molar-refractivity contribution in [3.05, 3.63) is 28.8 Å². The van der Waals surface area contributed by atoms with Crippen molar-refractivity contribution >= 4 is 23.2 Å². The number of aliphatic hydroxyl groups is 1. The molecule has 0 aromatic heterocycles. The van der Waals surface area contributed by atoms with Crippen molar-refractivity contribution in [2.24, 2.45) is 0 Å². The summed E-state index contributed by atoms with van der Waals surface area (Å²) in [5.41, 5.74) is 5.43. The number of amides is 1. The lowest BCUT2D eigenvalue weighted by atomic mass is 10.1. The molecule has 1 rings (SSSR count). The first-order valence-corrected chi connectivity index (χ1v) is 6.29. The van der Waals surface area contributed by atoms with E-state index in [2.05, 4.69) is 5.32 Å². The molecule has 1 amide bonds. The topological polar surface area (TPSA) is 78.6 Å². The third kappa shape index (κ3) is 5.06. The van der Waals surface area contributed by atoms with Crippen molar-refractivity contribution in [1.29, 1.82) is 0 Å². The zero-order valence-corrected chi connectivity index (χ0v) is 12.2. The standard InChI is InChI=1S/C13H20ClN3O2/c1-13(19,8-17(2)3)7-16-12(18)9-4-5-11(15)10(14)6-9/h4-6,19H,7-8,15H2,1-3H3,(H,16,18). The minimum Gasteiger partial charge on any atom is -0.398 e. The summed E-state index contributed by atoms with van der Waals surface area (Å²) in [5, 5.41) is 13.1. The molecule has 0 spiro atoms. The Kier molecular flexibility index (Phi) is 5.17. The Labute approximate surface area is 118 Å². The van der Waals surface area contributed by atoms with Gasteiger partial charge >= 0.3 is 0 Å². The maximum Gasteiger partial charge on any atom is 0.251 e.